The minimum absolute atomic E-state index is 0.0426. The third kappa shape index (κ3) is 7.28. The zero-order chi connectivity index (χ0) is 28.9. The highest BCUT2D eigenvalue weighted by atomic mass is 16.2. The molecule has 0 unspecified atom stereocenters. The molecule has 40 heavy (non-hydrogen) atoms. The van der Waals surface area contributed by atoms with Crippen LogP contribution < -0.4 is 0 Å². The number of benzene rings is 3. The van der Waals surface area contributed by atoms with Crippen LogP contribution in [0.1, 0.15) is 61.0 Å². The summed E-state index contributed by atoms with van der Waals surface area (Å²) in [6.07, 6.45) is 2.15. The first-order chi connectivity index (χ1) is 19.0. The van der Waals surface area contributed by atoms with E-state index in [9.17, 15) is 4.79 Å². The van der Waals surface area contributed by atoms with E-state index in [2.05, 4.69) is 106 Å². The minimum Gasteiger partial charge on any atom is -0.328 e. The van der Waals surface area contributed by atoms with Gasteiger partial charge in [-0.15, -0.1) is 0 Å². The van der Waals surface area contributed by atoms with Crippen LogP contribution in [0.3, 0.4) is 0 Å². The van der Waals surface area contributed by atoms with Gasteiger partial charge in [-0.05, 0) is 50.0 Å². The van der Waals surface area contributed by atoms with Crippen LogP contribution in [0, 0.1) is 18.3 Å². The lowest BCUT2D eigenvalue weighted by Crippen LogP contribution is -2.46. The lowest BCUT2D eigenvalue weighted by atomic mass is 9.89. The summed E-state index contributed by atoms with van der Waals surface area (Å²) in [5, 5.41) is 0. The number of carbonyl (C=O) groups excluding carboxylic acids is 1. The van der Waals surface area contributed by atoms with Gasteiger partial charge in [-0.2, -0.15) is 0 Å². The molecular formula is C35H44N4O. The van der Waals surface area contributed by atoms with Crippen LogP contribution in [0.5, 0.6) is 0 Å². The van der Waals surface area contributed by atoms with Crippen molar-refractivity contribution in [2.45, 2.75) is 47.2 Å². The van der Waals surface area contributed by atoms with Gasteiger partial charge >= 0.3 is 0 Å². The van der Waals surface area contributed by atoms with Gasteiger partial charge in [0.05, 0.1) is 11.7 Å². The molecule has 0 N–H and O–H groups in total. The van der Waals surface area contributed by atoms with E-state index >= 15 is 0 Å². The number of hydrogen-bond donors (Lipinski definition) is 0. The van der Waals surface area contributed by atoms with Gasteiger partial charge in [0, 0.05) is 37.0 Å². The van der Waals surface area contributed by atoms with Gasteiger partial charge in [0.25, 0.3) is 5.91 Å². The maximum Gasteiger partial charge on any atom is 0.254 e. The highest BCUT2D eigenvalue weighted by molar-refractivity contribution is 5.94. The number of aromatic nitrogens is 2. The number of carbonyl (C=O) groups is 1. The summed E-state index contributed by atoms with van der Waals surface area (Å²) < 4.78 is 2.25. The SMILES string of the molecule is Cc1ccc(C(=O)N(CC(C)(C)CN(C)C)[C@@H](c2nc(-c3ccccc3)cn2Cc2ccccc2)C(C)C)cc1. The van der Waals surface area contributed by atoms with Gasteiger partial charge in [0.1, 0.15) is 5.82 Å². The number of nitrogens with zero attached hydrogens (tertiary/aromatic N) is 4. The smallest absolute Gasteiger partial charge is 0.254 e. The fourth-order valence-corrected chi connectivity index (χ4v) is 5.64. The van der Waals surface area contributed by atoms with Gasteiger partial charge in [0.2, 0.25) is 0 Å². The summed E-state index contributed by atoms with van der Waals surface area (Å²) in [5.74, 6) is 1.10. The Balaban J connectivity index is 1.86. The van der Waals surface area contributed by atoms with E-state index in [1.807, 2.05) is 48.5 Å². The zero-order valence-corrected chi connectivity index (χ0v) is 25.1. The molecule has 5 heteroatoms. The van der Waals surface area contributed by atoms with Gasteiger partial charge in [-0.1, -0.05) is 106 Å². The van der Waals surface area contributed by atoms with Crippen molar-refractivity contribution in [3.05, 3.63) is 114 Å². The molecule has 0 saturated heterocycles. The normalized spacial score (nSPS) is 12.6. The summed E-state index contributed by atoms with van der Waals surface area (Å²) in [5.41, 5.74) is 4.92. The monoisotopic (exact) mass is 536 g/mol. The zero-order valence-electron chi connectivity index (χ0n) is 25.1. The molecule has 1 heterocycles. The molecule has 5 nitrogen and oxygen atoms in total. The van der Waals surface area contributed by atoms with Crippen LogP contribution in [0.2, 0.25) is 0 Å². The second-order valence-corrected chi connectivity index (χ2v) is 12.4. The molecule has 1 atom stereocenters. The molecule has 0 bridgehead atoms. The van der Waals surface area contributed by atoms with Crippen molar-refractivity contribution in [1.82, 2.24) is 19.4 Å². The topological polar surface area (TPSA) is 41.4 Å². The molecule has 0 saturated carbocycles. The predicted octanol–water partition coefficient (Wildman–Crippen LogP) is 7.33. The highest BCUT2D eigenvalue weighted by Gasteiger charge is 2.36. The van der Waals surface area contributed by atoms with E-state index in [0.29, 0.717) is 18.7 Å². The van der Waals surface area contributed by atoms with E-state index in [4.69, 9.17) is 4.98 Å². The standard InChI is InChI=1S/C35H44N4O/c1-26(2)32(39(25-35(4,5)24-37(6)7)34(40)30-20-18-27(3)19-21-30)33-36-31(29-16-12-9-13-17-29)23-38(33)22-28-14-10-8-11-15-28/h8-21,23,26,32H,22,24-25H2,1-7H3/t32-/m1/s1. The lowest BCUT2D eigenvalue weighted by molar-refractivity contribution is 0.0457. The lowest BCUT2D eigenvalue weighted by Gasteiger charge is -2.40. The molecule has 0 spiro atoms. The van der Waals surface area contributed by atoms with Crippen LogP contribution in [-0.2, 0) is 6.54 Å². The number of amides is 1. The average molecular weight is 537 g/mol. The molecule has 210 valence electrons. The van der Waals surface area contributed by atoms with Gasteiger partial charge < -0.3 is 14.4 Å². The van der Waals surface area contributed by atoms with Crippen LogP contribution in [-0.4, -0.2) is 52.4 Å². The first kappa shape index (κ1) is 29.3. The quantitative estimate of drug-likeness (QED) is 0.201. The fraction of sp³-hybridized carbons (Fsp3) is 0.371. The first-order valence-electron chi connectivity index (χ1n) is 14.2. The van der Waals surface area contributed by atoms with Crippen LogP contribution in [0.15, 0.2) is 91.1 Å². The summed E-state index contributed by atoms with van der Waals surface area (Å²) in [4.78, 5) is 23.9. The van der Waals surface area contributed by atoms with Gasteiger partial charge in [0.15, 0.2) is 0 Å². The van der Waals surface area contributed by atoms with Gasteiger partial charge in [-0.25, -0.2) is 4.98 Å². The predicted molar refractivity (Wildman–Crippen MR) is 165 cm³/mol. The molecule has 0 aliphatic heterocycles. The Kier molecular flexibility index (Phi) is 9.26. The third-order valence-corrected chi connectivity index (χ3v) is 7.21. The maximum absolute atomic E-state index is 14.4. The number of imidazole rings is 1. The van der Waals surface area contributed by atoms with E-state index in [-0.39, 0.29) is 23.3 Å². The van der Waals surface area contributed by atoms with Crippen molar-refractivity contribution in [1.29, 1.82) is 0 Å². The summed E-state index contributed by atoms with van der Waals surface area (Å²) in [6, 6.07) is 28.5. The summed E-state index contributed by atoms with van der Waals surface area (Å²) >= 11 is 0. The van der Waals surface area contributed by atoms with Crippen LogP contribution >= 0.6 is 0 Å². The highest BCUT2D eigenvalue weighted by Crippen LogP contribution is 2.35. The Morgan fingerprint density at radius 2 is 1.48 bits per heavy atom. The van der Waals surface area contributed by atoms with Crippen molar-refractivity contribution in [3.8, 4) is 11.3 Å². The van der Waals surface area contributed by atoms with Crippen LogP contribution in [0.4, 0.5) is 0 Å². The van der Waals surface area contributed by atoms with Gasteiger partial charge in [-0.3, -0.25) is 4.79 Å². The van der Waals surface area contributed by atoms with Crippen molar-refractivity contribution < 1.29 is 4.79 Å². The molecular weight excluding hydrogens is 492 g/mol. The molecule has 1 amide bonds. The Morgan fingerprint density at radius 1 is 0.875 bits per heavy atom. The molecule has 1 aromatic heterocycles. The molecule has 0 aliphatic rings. The molecule has 4 rings (SSSR count). The summed E-state index contributed by atoms with van der Waals surface area (Å²) in [6.45, 7) is 13.1. The Labute approximate surface area is 240 Å². The Hall–Kier alpha value is -3.70. The van der Waals surface area contributed by atoms with Crippen molar-refractivity contribution >= 4 is 5.91 Å². The first-order valence-corrected chi connectivity index (χ1v) is 14.2. The number of aryl methyl sites for hydroxylation is 1. The van der Waals surface area contributed by atoms with E-state index in [1.54, 1.807) is 0 Å². The molecule has 4 aromatic rings. The van der Waals surface area contributed by atoms with Crippen molar-refractivity contribution in [2.75, 3.05) is 27.2 Å². The Bertz CT molecular complexity index is 1370. The number of hydrogen-bond acceptors (Lipinski definition) is 3. The second-order valence-electron chi connectivity index (χ2n) is 12.4. The van der Waals surface area contributed by atoms with E-state index < -0.39 is 0 Å². The fourth-order valence-electron chi connectivity index (χ4n) is 5.64. The Morgan fingerprint density at radius 3 is 2.05 bits per heavy atom. The van der Waals surface area contributed by atoms with Crippen molar-refractivity contribution in [3.63, 3.8) is 0 Å². The summed E-state index contributed by atoms with van der Waals surface area (Å²) in [7, 11) is 4.18. The van der Waals surface area contributed by atoms with E-state index in [1.165, 1.54) is 5.56 Å². The van der Waals surface area contributed by atoms with Crippen LogP contribution in [0.25, 0.3) is 11.3 Å². The molecule has 0 radical (unpaired) electrons. The molecule has 0 fully saturated rings. The number of rotatable bonds is 11. The second kappa shape index (κ2) is 12.6. The average Bonchev–Trinajstić information content (AvgIpc) is 3.31. The largest absolute Gasteiger partial charge is 0.328 e. The van der Waals surface area contributed by atoms with E-state index in [0.717, 1.165) is 29.2 Å². The molecule has 3 aromatic carbocycles. The maximum atomic E-state index is 14.4. The molecule has 0 aliphatic carbocycles. The third-order valence-electron chi connectivity index (χ3n) is 7.21. The van der Waals surface area contributed by atoms with Crippen molar-refractivity contribution in [2.24, 2.45) is 11.3 Å². The minimum atomic E-state index is -0.212.